The number of hydrogen-bond acceptors (Lipinski definition) is 4. The van der Waals surface area contributed by atoms with Crippen LogP contribution in [0.5, 0.6) is 0 Å². The minimum absolute atomic E-state index is 0.356. The van der Waals surface area contributed by atoms with Gasteiger partial charge in [0.15, 0.2) is 5.82 Å². The van der Waals surface area contributed by atoms with Crippen LogP contribution in [0.4, 0.5) is 5.82 Å². The zero-order valence-corrected chi connectivity index (χ0v) is 11.2. The van der Waals surface area contributed by atoms with Gasteiger partial charge in [-0.2, -0.15) is 5.10 Å². The molecule has 0 amide bonds. The Morgan fingerprint density at radius 1 is 1.17 bits per heavy atom. The quantitative estimate of drug-likeness (QED) is 0.895. The van der Waals surface area contributed by atoms with Gasteiger partial charge in [0.05, 0.1) is 5.69 Å². The molecule has 1 aromatic heterocycles. The highest BCUT2D eigenvalue weighted by atomic mass is 15.3. The van der Waals surface area contributed by atoms with E-state index in [1.807, 2.05) is 19.1 Å². The van der Waals surface area contributed by atoms with E-state index in [4.69, 9.17) is 5.73 Å². The van der Waals surface area contributed by atoms with E-state index in [1.54, 1.807) is 0 Å². The molecule has 4 heteroatoms. The van der Waals surface area contributed by atoms with Gasteiger partial charge in [-0.05, 0) is 20.8 Å². The third kappa shape index (κ3) is 2.29. The van der Waals surface area contributed by atoms with Gasteiger partial charge in [0, 0.05) is 29.9 Å². The molecule has 18 heavy (non-hydrogen) atoms. The monoisotopic (exact) mass is 244 g/mol. The highest BCUT2D eigenvalue weighted by Gasteiger charge is 2.15. The minimum atomic E-state index is 0.356. The lowest BCUT2D eigenvalue weighted by Crippen LogP contribution is -2.36. The van der Waals surface area contributed by atoms with Crippen LogP contribution in [0.1, 0.15) is 19.5 Å². The fraction of sp³-hybridized carbons (Fsp3) is 0.429. The van der Waals surface area contributed by atoms with Gasteiger partial charge in [-0.1, -0.05) is 24.3 Å². The second-order valence-electron chi connectivity index (χ2n) is 4.73. The van der Waals surface area contributed by atoms with Crippen molar-refractivity contribution < 1.29 is 0 Å². The molecule has 2 rings (SSSR count). The molecule has 4 nitrogen and oxygen atoms in total. The van der Waals surface area contributed by atoms with Gasteiger partial charge in [0.2, 0.25) is 0 Å². The van der Waals surface area contributed by atoms with E-state index in [-0.39, 0.29) is 0 Å². The molecule has 0 saturated carbocycles. The van der Waals surface area contributed by atoms with Crippen molar-refractivity contribution in [2.75, 3.05) is 18.0 Å². The molecule has 1 aromatic carbocycles. The summed E-state index contributed by atoms with van der Waals surface area (Å²) in [6.07, 6.45) is 0. The van der Waals surface area contributed by atoms with Crippen LogP contribution in [0.2, 0.25) is 0 Å². The zero-order valence-electron chi connectivity index (χ0n) is 11.2. The maximum atomic E-state index is 5.69. The number of aryl methyl sites for hydroxylation is 1. The third-order valence-electron chi connectivity index (χ3n) is 3.12. The molecule has 0 aliphatic rings. The molecule has 0 unspecified atom stereocenters. The van der Waals surface area contributed by atoms with Gasteiger partial charge in [-0.3, -0.25) is 0 Å². The first-order chi connectivity index (χ1) is 8.65. The number of benzene rings is 1. The minimum Gasteiger partial charge on any atom is -0.351 e. The summed E-state index contributed by atoms with van der Waals surface area (Å²) in [5.41, 5.74) is 6.65. The van der Waals surface area contributed by atoms with Gasteiger partial charge >= 0.3 is 0 Å². The Bertz CT molecular complexity index is 536. The normalized spacial score (nSPS) is 11.2. The molecule has 2 aromatic rings. The fourth-order valence-electron chi connectivity index (χ4n) is 2.18. The maximum absolute atomic E-state index is 5.69. The van der Waals surface area contributed by atoms with Crippen molar-refractivity contribution in [2.45, 2.75) is 26.8 Å². The number of fused-ring (bicyclic) bond motifs is 1. The van der Waals surface area contributed by atoms with Crippen LogP contribution in [0.3, 0.4) is 0 Å². The molecule has 96 valence electrons. The third-order valence-corrected chi connectivity index (χ3v) is 3.12. The lowest BCUT2D eigenvalue weighted by atomic mass is 10.1. The molecule has 0 aliphatic carbocycles. The van der Waals surface area contributed by atoms with E-state index in [9.17, 15) is 0 Å². The molecule has 0 saturated heterocycles. The van der Waals surface area contributed by atoms with E-state index in [2.05, 4.69) is 41.1 Å². The van der Waals surface area contributed by atoms with Gasteiger partial charge in [0.1, 0.15) is 0 Å². The van der Waals surface area contributed by atoms with E-state index >= 15 is 0 Å². The van der Waals surface area contributed by atoms with Crippen molar-refractivity contribution in [3.8, 4) is 0 Å². The molecule has 2 N–H and O–H groups in total. The molecule has 0 fully saturated rings. The number of nitrogens with two attached hydrogens (primary N) is 1. The van der Waals surface area contributed by atoms with Crippen LogP contribution in [-0.4, -0.2) is 29.3 Å². The van der Waals surface area contributed by atoms with Gasteiger partial charge in [-0.15, -0.1) is 5.10 Å². The Morgan fingerprint density at radius 2 is 1.83 bits per heavy atom. The first-order valence-electron chi connectivity index (χ1n) is 6.34. The van der Waals surface area contributed by atoms with Crippen molar-refractivity contribution in [1.29, 1.82) is 0 Å². The lowest BCUT2D eigenvalue weighted by molar-refractivity contribution is 0.671. The maximum Gasteiger partial charge on any atom is 0.159 e. The predicted molar refractivity (Wildman–Crippen MR) is 75.8 cm³/mol. The summed E-state index contributed by atoms with van der Waals surface area (Å²) in [7, 11) is 0. The van der Waals surface area contributed by atoms with Crippen LogP contribution in [0.25, 0.3) is 10.8 Å². The second-order valence-corrected chi connectivity index (χ2v) is 4.73. The molecule has 0 radical (unpaired) electrons. The van der Waals surface area contributed by atoms with Crippen LogP contribution in [0, 0.1) is 6.92 Å². The summed E-state index contributed by atoms with van der Waals surface area (Å²) >= 11 is 0. The fourth-order valence-corrected chi connectivity index (χ4v) is 2.18. The van der Waals surface area contributed by atoms with Crippen LogP contribution in [0.15, 0.2) is 24.3 Å². The Morgan fingerprint density at radius 3 is 2.44 bits per heavy atom. The first kappa shape index (κ1) is 12.8. The van der Waals surface area contributed by atoms with Crippen LogP contribution in [-0.2, 0) is 0 Å². The summed E-state index contributed by atoms with van der Waals surface area (Å²) in [6, 6.07) is 8.60. The zero-order chi connectivity index (χ0) is 13.1. The van der Waals surface area contributed by atoms with Crippen molar-refractivity contribution in [3.05, 3.63) is 30.0 Å². The molecular formula is C14H20N4. The van der Waals surface area contributed by atoms with Gasteiger partial charge < -0.3 is 10.6 Å². The SMILES string of the molecule is Cc1nnc(N(CCN)C(C)C)c2ccccc12. The first-order valence-corrected chi connectivity index (χ1v) is 6.34. The van der Waals surface area contributed by atoms with E-state index < -0.39 is 0 Å². The summed E-state index contributed by atoms with van der Waals surface area (Å²) in [4.78, 5) is 2.20. The van der Waals surface area contributed by atoms with E-state index in [1.165, 1.54) is 0 Å². The molecule has 0 atom stereocenters. The Labute approximate surface area is 108 Å². The molecule has 0 spiro atoms. The van der Waals surface area contributed by atoms with Gasteiger partial charge in [0.25, 0.3) is 0 Å². The highest BCUT2D eigenvalue weighted by molar-refractivity contribution is 5.93. The molecule has 0 bridgehead atoms. The number of rotatable bonds is 4. The van der Waals surface area contributed by atoms with E-state index in [0.717, 1.165) is 28.8 Å². The Hall–Kier alpha value is -1.68. The number of aromatic nitrogens is 2. The number of hydrogen-bond donors (Lipinski definition) is 1. The molecular weight excluding hydrogens is 224 g/mol. The van der Waals surface area contributed by atoms with Crippen molar-refractivity contribution >= 4 is 16.6 Å². The number of anilines is 1. The molecule has 0 aliphatic heterocycles. The standard InChI is InChI=1S/C14H20N4/c1-10(2)18(9-8-15)14-13-7-5-4-6-12(13)11(3)16-17-14/h4-7,10H,8-9,15H2,1-3H3. The average molecular weight is 244 g/mol. The largest absolute Gasteiger partial charge is 0.351 e. The Balaban J connectivity index is 2.59. The lowest BCUT2D eigenvalue weighted by Gasteiger charge is -2.28. The average Bonchev–Trinajstić information content (AvgIpc) is 2.37. The van der Waals surface area contributed by atoms with E-state index in [0.29, 0.717) is 12.6 Å². The molecule has 1 heterocycles. The Kier molecular flexibility index (Phi) is 3.77. The van der Waals surface area contributed by atoms with Crippen LogP contribution < -0.4 is 10.6 Å². The number of nitrogens with zero attached hydrogens (tertiary/aromatic N) is 3. The highest BCUT2D eigenvalue weighted by Crippen LogP contribution is 2.26. The summed E-state index contributed by atoms with van der Waals surface area (Å²) in [6.45, 7) is 7.68. The topological polar surface area (TPSA) is 55.0 Å². The van der Waals surface area contributed by atoms with Gasteiger partial charge in [-0.25, -0.2) is 0 Å². The predicted octanol–water partition coefficient (Wildman–Crippen LogP) is 2.11. The summed E-state index contributed by atoms with van der Waals surface area (Å²) < 4.78 is 0. The summed E-state index contributed by atoms with van der Waals surface area (Å²) in [5, 5.41) is 10.9. The van der Waals surface area contributed by atoms with Crippen molar-refractivity contribution in [1.82, 2.24) is 10.2 Å². The van der Waals surface area contributed by atoms with Crippen molar-refractivity contribution in [3.63, 3.8) is 0 Å². The summed E-state index contributed by atoms with van der Waals surface area (Å²) in [5.74, 6) is 0.927. The van der Waals surface area contributed by atoms with Crippen molar-refractivity contribution in [2.24, 2.45) is 5.73 Å². The second kappa shape index (κ2) is 5.31. The smallest absolute Gasteiger partial charge is 0.159 e. The van der Waals surface area contributed by atoms with Crippen LogP contribution >= 0.6 is 0 Å².